The molecule has 2 aromatic heterocycles. The van der Waals surface area contributed by atoms with Gasteiger partial charge in [-0.1, -0.05) is 42.5 Å². The Kier molecular flexibility index (Phi) is 7.80. The van der Waals surface area contributed by atoms with Crippen molar-refractivity contribution in [2.24, 2.45) is 0 Å². The summed E-state index contributed by atoms with van der Waals surface area (Å²) in [5.41, 5.74) is 3.87. The van der Waals surface area contributed by atoms with Crippen molar-refractivity contribution in [3.05, 3.63) is 71.9 Å². The molecule has 36 heavy (non-hydrogen) atoms. The van der Waals surface area contributed by atoms with Crippen molar-refractivity contribution in [1.29, 1.82) is 0 Å². The molecule has 1 aliphatic heterocycles. The van der Waals surface area contributed by atoms with E-state index in [2.05, 4.69) is 38.3 Å². The normalized spacial score (nSPS) is 14.1. The van der Waals surface area contributed by atoms with Gasteiger partial charge in [-0.25, -0.2) is 9.78 Å². The largest absolute Gasteiger partial charge is 0.495 e. The first-order chi connectivity index (χ1) is 17.7. The molecule has 1 saturated heterocycles. The van der Waals surface area contributed by atoms with Gasteiger partial charge in [0.2, 0.25) is 0 Å². The molecule has 0 bridgehead atoms. The summed E-state index contributed by atoms with van der Waals surface area (Å²) in [4.78, 5) is 23.4. The number of morpholine rings is 1. The van der Waals surface area contributed by atoms with Gasteiger partial charge in [0.25, 0.3) is 0 Å². The van der Waals surface area contributed by atoms with Crippen molar-refractivity contribution in [2.75, 3.05) is 58.4 Å². The van der Waals surface area contributed by atoms with Crippen molar-refractivity contribution in [1.82, 2.24) is 19.2 Å². The van der Waals surface area contributed by atoms with Gasteiger partial charge in [-0.2, -0.15) is 0 Å². The van der Waals surface area contributed by atoms with Gasteiger partial charge in [0.15, 0.2) is 4.96 Å². The van der Waals surface area contributed by atoms with Crippen LogP contribution in [0, 0.1) is 0 Å². The summed E-state index contributed by atoms with van der Waals surface area (Å²) < 4.78 is 13.0. The van der Waals surface area contributed by atoms with Gasteiger partial charge in [0.1, 0.15) is 5.75 Å². The number of aromatic nitrogens is 2. The molecule has 2 aromatic carbocycles. The Balaban J connectivity index is 1.30. The zero-order valence-electron chi connectivity index (χ0n) is 20.4. The smallest absolute Gasteiger partial charge is 0.322 e. The number of urea groups is 1. The lowest BCUT2D eigenvalue weighted by atomic mass is 10.2. The van der Waals surface area contributed by atoms with Crippen LogP contribution in [0.2, 0.25) is 0 Å². The van der Waals surface area contributed by atoms with Crippen LogP contribution in [0.5, 0.6) is 5.75 Å². The van der Waals surface area contributed by atoms with E-state index in [0.717, 1.165) is 61.2 Å². The van der Waals surface area contributed by atoms with Crippen LogP contribution in [0.3, 0.4) is 0 Å². The maximum Gasteiger partial charge on any atom is 0.322 e. The van der Waals surface area contributed by atoms with Crippen LogP contribution >= 0.6 is 11.3 Å². The van der Waals surface area contributed by atoms with E-state index >= 15 is 0 Å². The van der Waals surface area contributed by atoms with Crippen molar-refractivity contribution in [3.8, 4) is 17.0 Å². The molecule has 0 spiro atoms. The molecule has 0 unspecified atom stereocenters. The van der Waals surface area contributed by atoms with Crippen molar-refractivity contribution in [3.63, 3.8) is 0 Å². The number of carbonyl (C=O) groups excluding carboxylic acids is 1. The third-order valence-corrected chi connectivity index (χ3v) is 7.31. The number of methoxy groups -OCH3 is 1. The van der Waals surface area contributed by atoms with Crippen molar-refractivity contribution < 1.29 is 14.3 Å². The molecule has 9 heteroatoms. The van der Waals surface area contributed by atoms with E-state index in [1.807, 2.05) is 47.4 Å². The summed E-state index contributed by atoms with van der Waals surface area (Å²) in [5, 5.41) is 5.18. The molecule has 4 aromatic rings. The van der Waals surface area contributed by atoms with Crippen LogP contribution in [0.1, 0.15) is 5.69 Å². The summed E-state index contributed by atoms with van der Waals surface area (Å²) in [6.45, 7) is 5.30. The number of thiazole rings is 1. The predicted octanol–water partition coefficient (Wildman–Crippen LogP) is 4.48. The Hall–Kier alpha value is -3.40. The Morgan fingerprint density at radius 3 is 2.69 bits per heavy atom. The summed E-state index contributed by atoms with van der Waals surface area (Å²) in [6.07, 6.45) is 2.82. The lowest BCUT2D eigenvalue weighted by molar-refractivity contribution is 0.0352. The van der Waals surface area contributed by atoms with E-state index in [9.17, 15) is 4.79 Å². The summed E-state index contributed by atoms with van der Waals surface area (Å²) in [6, 6.07) is 17.6. The summed E-state index contributed by atoms with van der Waals surface area (Å²) in [5.74, 6) is 0.644. The average molecular weight is 506 g/mol. The predicted molar refractivity (Wildman–Crippen MR) is 143 cm³/mol. The number of anilines is 1. The monoisotopic (exact) mass is 505 g/mol. The number of nitrogens with one attached hydrogen (secondary N) is 1. The van der Waals surface area contributed by atoms with Gasteiger partial charge in [0, 0.05) is 62.0 Å². The van der Waals surface area contributed by atoms with E-state index in [-0.39, 0.29) is 6.03 Å². The van der Waals surface area contributed by atoms with Crippen LogP contribution in [-0.2, 0) is 11.2 Å². The van der Waals surface area contributed by atoms with Crippen LogP contribution in [0.15, 0.2) is 66.2 Å². The SMILES string of the molecule is COc1ccccc1NC(=O)N(CCc1csc2nc(-c3ccccc3)cn12)CCN1CCOCC1. The second-order valence-corrected chi connectivity index (χ2v) is 9.53. The highest BCUT2D eigenvalue weighted by Crippen LogP contribution is 2.25. The molecule has 2 amide bonds. The number of fused-ring (bicyclic) bond motifs is 1. The molecule has 0 radical (unpaired) electrons. The minimum atomic E-state index is -0.130. The number of hydrogen-bond acceptors (Lipinski definition) is 6. The molecular formula is C27H31N5O3S. The van der Waals surface area contributed by atoms with Crippen LogP contribution in [0.25, 0.3) is 16.2 Å². The molecule has 1 aliphatic rings. The first-order valence-corrected chi connectivity index (χ1v) is 13.1. The number of rotatable bonds is 9. The van der Waals surface area contributed by atoms with E-state index in [4.69, 9.17) is 14.5 Å². The Morgan fingerprint density at radius 2 is 1.89 bits per heavy atom. The van der Waals surface area contributed by atoms with Gasteiger partial charge in [-0.3, -0.25) is 9.30 Å². The second-order valence-electron chi connectivity index (χ2n) is 8.69. The van der Waals surface area contributed by atoms with Crippen molar-refractivity contribution in [2.45, 2.75) is 6.42 Å². The van der Waals surface area contributed by atoms with Gasteiger partial charge in [-0.15, -0.1) is 11.3 Å². The fourth-order valence-electron chi connectivity index (χ4n) is 4.35. The third kappa shape index (κ3) is 5.70. The quantitative estimate of drug-likeness (QED) is 0.363. The van der Waals surface area contributed by atoms with Crippen molar-refractivity contribution >= 4 is 28.0 Å². The zero-order valence-corrected chi connectivity index (χ0v) is 21.2. The molecule has 1 fully saturated rings. The molecule has 8 nitrogen and oxygen atoms in total. The fourth-order valence-corrected chi connectivity index (χ4v) is 5.26. The lowest BCUT2D eigenvalue weighted by Crippen LogP contribution is -2.45. The molecule has 1 N–H and O–H groups in total. The summed E-state index contributed by atoms with van der Waals surface area (Å²) in [7, 11) is 1.61. The van der Waals surface area contributed by atoms with E-state index in [1.54, 1.807) is 18.4 Å². The minimum Gasteiger partial charge on any atom is -0.495 e. The lowest BCUT2D eigenvalue weighted by Gasteiger charge is -2.30. The minimum absolute atomic E-state index is 0.130. The first-order valence-electron chi connectivity index (χ1n) is 12.2. The molecular weight excluding hydrogens is 474 g/mol. The average Bonchev–Trinajstić information content (AvgIpc) is 3.52. The Bertz CT molecular complexity index is 1280. The molecule has 0 atom stereocenters. The topological polar surface area (TPSA) is 71.3 Å². The number of nitrogens with zero attached hydrogens (tertiary/aromatic N) is 4. The summed E-state index contributed by atoms with van der Waals surface area (Å²) >= 11 is 1.63. The standard InChI is InChI=1S/C27H31N5O3S/c1-34-25-10-6-5-9-23(25)28-26(33)31(14-13-30-15-17-35-18-16-30)12-11-22-20-36-27-29-24(19-32(22)27)21-7-3-2-4-8-21/h2-10,19-20H,11-18H2,1H3,(H,28,33). The van der Waals surface area contributed by atoms with Crippen LogP contribution in [0.4, 0.5) is 10.5 Å². The van der Waals surface area contributed by atoms with Gasteiger partial charge in [0.05, 0.1) is 31.7 Å². The number of benzene rings is 2. The highest BCUT2D eigenvalue weighted by Gasteiger charge is 2.19. The number of hydrogen-bond donors (Lipinski definition) is 1. The Labute approximate surface area is 215 Å². The maximum atomic E-state index is 13.4. The fraction of sp³-hybridized carbons (Fsp3) is 0.333. The third-order valence-electron chi connectivity index (χ3n) is 6.42. The number of ether oxygens (including phenoxy) is 2. The molecule has 3 heterocycles. The van der Waals surface area contributed by atoms with E-state index in [0.29, 0.717) is 24.5 Å². The van der Waals surface area contributed by atoms with Gasteiger partial charge < -0.3 is 19.7 Å². The number of para-hydroxylation sites is 2. The van der Waals surface area contributed by atoms with Crippen LogP contribution < -0.4 is 10.1 Å². The number of carbonyl (C=O) groups is 1. The molecule has 0 aliphatic carbocycles. The van der Waals surface area contributed by atoms with Gasteiger partial charge in [-0.05, 0) is 12.1 Å². The van der Waals surface area contributed by atoms with Gasteiger partial charge >= 0.3 is 6.03 Å². The zero-order chi connectivity index (χ0) is 24.7. The second kappa shape index (κ2) is 11.6. The first kappa shape index (κ1) is 24.3. The molecule has 188 valence electrons. The Morgan fingerprint density at radius 1 is 1.11 bits per heavy atom. The highest BCUT2D eigenvalue weighted by atomic mass is 32.1. The molecule has 0 saturated carbocycles. The van der Waals surface area contributed by atoms with Crippen LogP contribution in [-0.4, -0.2) is 78.3 Å². The van der Waals surface area contributed by atoms with E-state index in [1.165, 1.54) is 0 Å². The molecule has 5 rings (SSSR count). The maximum absolute atomic E-state index is 13.4. The number of amides is 2. The van der Waals surface area contributed by atoms with E-state index < -0.39 is 0 Å². The number of imidazole rings is 1. The highest BCUT2D eigenvalue weighted by molar-refractivity contribution is 7.15.